The normalized spacial score (nSPS) is 10.0. The van der Waals surface area contributed by atoms with Gasteiger partial charge in [0.2, 0.25) is 0 Å². The molecule has 4 heteroatoms. The minimum Gasteiger partial charge on any atom is -0.469 e. The first kappa shape index (κ1) is 12.0. The van der Waals surface area contributed by atoms with Crippen LogP contribution in [0.2, 0.25) is 0 Å². The summed E-state index contributed by atoms with van der Waals surface area (Å²) in [6, 6.07) is 4.02. The van der Waals surface area contributed by atoms with E-state index in [9.17, 15) is 4.79 Å². The van der Waals surface area contributed by atoms with Crippen LogP contribution in [0.3, 0.4) is 0 Å². The number of ether oxygens (including phenoxy) is 1. The van der Waals surface area contributed by atoms with Gasteiger partial charge < -0.3 is 4.74 Å². The van der Waals surface area contributed by atoms with E-state index in [1.165, 1.54) is 7.11 Å². The van der Waals surface area contributed by atoms with Crippen LogP contribution in [-0.4, -0.2) is 13.1 Å². The number of hydrogen-bond acceptors (Lipinski definition) is 2. The van der Waals surface area contributed by atoms with E-state index in [1.54, 1.807) is 0 Å². The van der Waals surface area contributed by atoms with Crippen LogP contribution >= 0.6 is 38.5 Å². The molecule has 0 fully saturated rings. The molecule has 0 spiro atoms. The molecule has 76 valence electrons. The topological polar surface area (TPSA) is 26.3 Å². The smallest absolute Gasteiger partial charge is 0.309 e. The maximum atomic E-state index is 11.1. The van der Waals surface area contributed by atoms with Crippen LogP contribution in [0.5, 0.6) is 0 Å². The third-order valence-electron chi connectivity index (χ3n) is 1.98. The monoisotopic (exact) mass is 368 g/mol. The van der Waals surface area contributed by atoms with E-state index in [-0.39, 0.29) is 5.97 Å². The lowest BCUT2D eigenvalue weighted by Crippen LogP contribution is -2.06. The summed E-state index contributed by atoms with van der Waals surface area (Å²) in [7, 11) is 1.40. The average molecular weight is 369 g/mol. The second-order valence-corrected chi connectivity index (χ2v) is 5.02. The molecular formula is C10H10BrIO2. The summed E-state index contributed by atoms with van der Waals surface area (Å²) in [6.45, 7) is 1.98. The van der Waals surface area contributed by atoms with Crippen molar-refractivity contribution in [2.24, 2.45) is 0 Å². The zero-order valence-corrected chi connectivity index (χ0v) is 11.7. The lowest BCUT2D eigenvalue weighted by molar-refractivity contribution is -0.139. The second-order valence-electron chi connectivity index (χ2n) is 2.92. The highest BCUT2D eigenvalue weighted by Gasteiger charge is 2.08. The van der Waals surface area contributed by atoms with Gasteiger partial charge in [-0.25, -0.2) is 0 Å². The number of methoxy groups -OCH3 is 1. The lowest BCUT2D eigenvalue weighted by atomic mass is 10.1. The molecule has 0 aliphatic rings. The van der Waals surface area contributed by atoms with Crippen molar-refractivity contribution in [3.63, 3.8) is 0 Å². The quantitative estimate of drug-likeness (QED) is 0.592. The first-order chi connectivity index (χ1) is 6.54. The number of carbonyl (C=O) groups excluding carboxylic acids is 1. The number of hydrogen-bond donors (Lipinski definition) is 0. The van der Waals surface area contributed by atoms with Gasteiger partial charge in [0.05, 0.1) is 13.5 Å². The molecule has 0 heterocycles. The Bertz CT molecular complexity index is 363. The molecule has 0 radical (unpaired) electrons. The highest BCUT2D eigenvalue weighted by atomic mass is 127. The minimum absolute atomic E-state index is 0.206. The molecule has 0 atom stereocenters. The van der Waals surface area contributed by atoms with Crippen molar-refractivity contribution in [2.45, 2.75) is 13.3 Å². The van der Waals surface area contributed by atoms with Crippen molar-refractivity contribution in [1.82, 2.24) is 0 Å². The van der Waals surface area contributed by atoms with E-state index < -0.39 is 0 Å². The van der Waals surface area contributed by atoms with Crippen molar-refractivity contribution in [3.05, 3.63) is 31.3 Å². The Kier molecular flexibility index (Phi) is 4.37. The van der Waals surface area contributed by atoms with Gasteiger partial charge in [0.15, 0.2) is 0 Å². The minimum atomic E-state index is -0.206. The fraction of sp³-hybridized carbons (Fsp3) is 0.300. The van der Waals surface area contributed by atoms with E-state index in [1.807, 2.05) is 19.1 Å². The summed E-state index contributed by atoms with van der Waals surface area (Å²) in [4.78, 5) is 11.1. The van der Waals surface area contributed by atoms with Crippen LogP contribution in [0.1, 0.15) is 11.1 Å². The largest absolute Gasteiger partial charge is 0.469 e. The number of rotatable bonds is 2. The van der Waals surface area contributed by atoms with Gasteiger partial charge in [-0.3, -0.25) is 4.79 Å². The average Bonchev–Trinajstić information content (AvgIpc) is 2.13. The molecule has 1 aromatic rings. The molecule has 1 rings (SSSR count). The molecule has 0 aliphatic heterocycles. The van der Waals surface area contributed by atoms with Gasteiger partial charge in [0.25, 0.3) is 0 Å². The van der Waals surface area contributed by atoms with Gasteiger partial charge in [-0.05, 0) is 52.8 Å². The number of esters is 1. The maximum absolute atomic E-state index is 11.1. The third-order valence-corrected chi connectivity index (χ3v) is 3.43. The maximum Gasteiger partial charge on any atom is 0.309 e. The van der Waals surface area contributed by atoms with Gasteiger partial charge in [0.1, 0.15) is 0 Å². The van der Waals surface area contributed by atoms with E-state index in [0.717, 1.165) is 19.2 Å². The highest BCUT2D eigenvalue weighted by molar-refractivity contribution is 14.1. The Labute approximate surface area is 105 Å². The molecule has 0 amide bonds. The number of halogens is 2. The summed E-state index contributed by atoms with van der Waals surface area (Å²) < 4.78 is 6.77. The molecule has 14 heavy (non-hydrogen) atoms. The predicted octanol–water partition coefficient (Wildman–Crippen LogP) is 3.08. The molecule has 0 aliphatic carbocycles. The molecule has 2 nitrogen and oxygen atoms in total. The summed E-state index contributed by atoms with van der Waals surface area (Å²) in [5.41, 5.74) is 2.10. The lowest BCUT2D eigenvalue weighted by Gasteiger charge is -2.07. The van der Waals surface area contributed by atoms with E-state index >= 15 is 0 Å². The number of benzene rings is 1. The second kappa shape index (κ2) is 5.11. The van der Waals surface area contributed by atoms with Crippen LogP contribution in [-0.2, 0) is 16.0 Å². The van der Waals surface area contributed by atoms with Gasteiger partial charge in [-0.1, -0.05) is 15.9 Å². The standard InChI is InChI=1S/C10H10BrIO2/c1-6-7(4-10(13)14-2)3-8(12)5-9(6)11/h3,5H,4H2,1-2H3. The van der Waals surface area contributed by atoms with Gasteiger partial charge in [-0.15, -0.1) is 0 Å². The third kappa shape index (κ3) is 2.95. The van der Waals surface area contributed by atoms with Gasteiger partial charge in [-0.2, -0.15) is 0 Å². The molecular weight excluding hydrogens is 359 g/mol. The first-order valence-electron chi connectivity index (χ1n) is 4.06. The van der Waals surface area contributed by atoms with Crippen molar-refractivity contribution in [3.8, 4) is 0 Å². The van der Waals surface area contributed by atoms with Crippen LogP contribution in [0.25, 0.3) is 0 Å². The molecule has 0 unspecified atom stereocenters. The van der Waals surface area contributed by atoms with E-state index in [0.29, 0.717) is 6.42 Å². The predicted molar refractivity (Wildman–Crippen MR) is 67.3 cm³/mol. The number of carbonyl (C=O) groups is 1. The zero-order chi connectivity index (χ0) is 10.7. The molecule has 0 bridgehead atoms. The molecule has 0 N–H and O–H groups in total. The fourth-order valence-electron chi connectivity index (χ4n) is 1.11. The van der Waals surface area contributed by atoms with Crippen molar-refractivity contribution >= 4 is 44.5 Å². The van der Waals surface area contributed by atoms with Crippen molar-refractivity contribution in [2.75, 3.05) is 7.11 Å². The molecule has 0 saturated heterocycles. The Morgan fingerprint density at radius 1 is 1.57 bits per heavy atom. The summed E-state index contributed by atoms with van der Waals surface area (Å²) in [6.07, 6.45) is 0.331. The molecule has 0 aromatic heterocycles. The Balaban J connectivity index is 3.02. The highest BCUT2D eigenvalue weighted by Crippen LogP contribution is 2.23. The van der Waals surface area contributed by atoms with Crippen LogP contribution in [0, 0.1) is 10.5 Å². The van der Waals surface area contributed by atoms with Gasteiger partial charge in [0, 0.05) is 8.04 Å². The van der Waals surface area contributed by atoms with Crippen LogP contribution < -0.4 is 0 Å². The fourth-order valence-corrected chi connectivity index (χ4v) is 2.73. The van der Waals surface area contributed by atoms with Crippen LogP contribution in [0.4, 0.5) is 0 Å². The SMILES string of the molecule is COC(=O)Cc1cc(I)cc(Br)c1C. The Hall–Kier alpha value is -0.100. The van der Waals surface area contributed by atoms with Crippen molar-refractivity contribution in [1.29, 1.82) is 0 Å². The van der Waals surface area contributed by atoms with E-state index in [2.05, 4.69) is 43.3 Å². The van der Waals surface area contributed by atoms with Gasteiger partial charge >= 0.3 is 5.97 Å². The van der Waals surface area contributed by atoms with Crippen LogP contribution in [0.15, 0.2) is 16.6 Å². The molecule has 1 aromatic carbocycles. The summed E-state index contributed by atoms with van der Waals surface area (Å²) >= 11 is 5.68. The Morgan fingerprint density at radius 3 is 2.79 bits per heavy atom. The summed E-state index contributed by atoms with van der Waals surface area (Å²) in [5.74, 6) is -0.206. The Morgan fingerprint density at radius 2 is 2.21 bits per heavy atom. The first-order valence-corrected chi connectivity index (χ1v) is 5.93. The summed E-state index contributed by atoms with van der Waals surface area (Å²) in [5, 5.41) is 0. The van der Waals surface area contributed by atoms with E-state index in [4.69, 9.17) is 0 Å². The van der Waals surface area contributed by atoms with Crippen molar-refractivity contribution < 1.29 is 9.53 Å². The zero-order valence-electron chi connectivity index (χ0n) is 7.93. The molecule has 0 saturated carbocycles.